The number of imide groups is 1. The Morgan fingerprint density at radius 3 is 2.42 bits per heavy atom. The van der Waals surface area contributed by atoms with E-state index < -0.39 is 35.1 Å². The second kappa shape index (κ2) is 21.1. The lowest BCUT2D eigenvalue weighted by Gasteiger charge is -2.42. The molecule has 17 heteroatoms. The van der Waals surface area contributed by atoms with Crippen molar-refractivity contribution in [3.8, 4) is 22.6 Å². The summed E-state index contributed by atoms with van der Waals surface area (Å²) in [7, 11) is 1.91. The van der Waals surface area contributed by atoms with Crippen molar-refractivity contribution in [1.82, 2.24) is 30.2 Å². The highest BCUT2D eigenvalue weighted by molar-refractivity contribution is 6.34. The summed E-state index contributed by atoms with van der Waals surface area (Å²) < 4.78 is 46.5. The molecule has 5 heterocycles. The van der Waals surface area contributed by atoms with Crippen LogP contribution in [0, 0.1) is 17.6 Å². The molecule has 72 heavy (non-hydrogen) atoms. The summed E-state index contributed by atoms with van der Waals surface area (Å²) in [4.78, 5) is 44.0. The standard InChI is InChI=1S/C55H65ClF2N8O6/c1-33-47-45(31-42(57)50(56)49(47)48-41(52(59)69)14-15-44(51(48)58)71-29-28-67)72-55(33,37-6-4-3-5-7-37)21-22-60-38-18-23-64(24-19-38)32-34-8-11-39(12-9-34)65-25-16-35(17-26-65)36-10-13-40-43(30-36)63(2)62-53(40)66-27-20-46(68)61-54(66)70/h3-7,10,13-15,30-31,33-35,38-39,60,67H,8-9,11-12,16-29,32H2,1-2H3,(H2,59,69)(H,61,68,70)/t33-,34?,39?,55-/m0/s1. The van der Waals surface area contributed by atoms with Crippen molar-refractivity contribution in [2.24, 2.45) is 18.7 Å². The fourth-order valence-electron chi connectivity index (χ4n) is 12.5. The van der Waals surface area contributed by atoms with E-state index in [4.69, 9.17) is 26.8 Å². The lowest BCUT2D eigenvalue weighted by molar-refractivity contribution is -0.120. The number of benzene rings is 4. The molecule has 4 amide bonds. The highest BCUT2D eigenvalue weighted by Gasteiger charge is 2.50. The van der Waals surface area contributed by atoms with Crippen LogP contribution in [0.1, 0.15) is 110 Å². The highest BCUT2D eigenvalue weighted by Crippen LogP contribution is 2.58. The maximum absolute atomic E-state index is 16.5. The zero-order valence-corrected chi connectivity index (χ0v) is 41.9. The molecule has 4 aromatic carbocycles. The van der Waals surface area contributed by atoms with Crippen LogP contribution >= 0.6 is 11.6 Å². The molecule has 0 spiro atoms. The molecule has 5 aromatic rings. The van der Waals surface area contributed by atoms with Gasteiger partial charge in [-0.25, -0.2) is 13.6 Å². The zero-order valence-electron chi connectivity index (χ0n) is 41.1. The van der Waals surface area contributed by atoms with E-state index in [1.165, 1.54) is 49.4 Å². The van der Waals surface area contributed by atoms with E-state index >= 15 is 8.78 Å². The van der Waals surface area contributed by atoms with E-state index in [-0.39, 0.29) is 58.8 Å². The number of halogens is 3. The number of hydrogen-bond acceptors (Lipinski definition) is 10. The number of nitrogens with one attached hydrogen (secondary N) is 2. The number of urea groups is 1. The van der Waals surface area contributed by atoms with E-state index in [0.29, 0.717) is 54.8 Å². The van der Waals surface area contributed by atoms with Crippen molar-refractivity contribution < 1.29 is 37.7 Å². The van der Waals surface area contributed by atoms with E-state index in [1.807, 2.05) is 49.0 Å². The van der Waals surface area contributed by atoms with Crippen molar-refractivity contribution >= 4 is 46.2 Å². The molecule has 1 saturated carbocycles. The minimum absolute atomic E-state index is 0.00661. The van der Waals surface area contributed by atoms with Gasteiger partial charge in [0.05, 0.1) is 22.7 Å². The number of primary amides is 1. The third-order valence-electron chi connectivity index (χ3n) is 16.4. The summed E-state index contributed by atoms with van der Waals surface area (Å²) in [6.07, 6.45) is 10.1. The first-order chi connectivity index (χ1) is 34.8. The molecule has 10 rings (SSSR count). The van der Waals surface area contributed by atoms with Gasteiger partial charge < -0.3 is 35.4 Å². The molecule has 382 valence electrons. The Kier molecular flexibility index (Phi) is 14.6. The van der Waals surface area contributed by atoms with E-state index in [2.05, 4.69) is 43.7 Å². The number of amides is 4. The number of nitrogens with zero attached hydrogens (tertiary/aromatic N) is 5. The molecule has 4 aliphatic heterocycles. The number of carbonyl (C=O) groups excluding carboxylic acids is 3. The number of anilines is 1. The van der Waals surface area contributed by atoms with E-state index in [9.17, 15) is 19.5 Å². The third kappa shape index (κ3) is 9.68. The first-order valence-corrected chi connectivity index (χ1v) is 26.1. The van der Waals surface area contributed by atoms with Crippen LogP contribution in [-0.4, -0.2) is 114 Å². The molecule has 0 radical (unpaired) electrons. The molecule has 0 unspecified atom stereocenters. The van der Waals surface area contributed by atoms with E-state index in [0.717, 1.165) is 74.9 Å². The van der Waals surface area contributed by atoms with Gasteiger partial charge in [0.25, 0.3) is 0 Å². The highest BCUT2D eigenvalue weighted by atomic mass is 35.5. The molecule has 5 aliphatic rings. The molecular weight excluding hydrogens is 942 g/mol. The number of fused-ring (bicyclic) bond motifs is 2. The van der Waals surface area contributed by atoms with Gasteiger partial charge in [-0.3, -0.25) is 24.5 Å². The third-order valence-corrected chi connectivity index (χ3v) is 16.8. The molecule has 14 nitrogen and oxygen atoms in total. The number of ether oxygens (including phenoxy) is 2. The number of aliphatic hydroxyl groups is 1. The monoisotopic (exact) mass is 1010 g/mol. The van der Waals surface area contributed by atoms with Crippen molar-refractivity contribution in [3.05, 3.63) is 106 Å². The minimum Gasteiger partial charge on any atom is -0.488 e. The topological polar surface area (TPSA) is 168 Å². The normalized spacial score (nSPS) is 23.6. The van der Waals surface area contributed by atoms with Crippen LogP contribution in [0.25, 0.3) is 22.0 Å². The fraction of sp³-hybridized carbons (Fsp3) is 0.491. The van der Waals surface area contributed by atoms with Crippen LogP contribution < -0.4 is 30.7 Å². The second-order valence-electron chi connectivity index (χ2n) is 20.5. The van der Waals surface area contributed by atoms with Gasteiger partial charge in [0, 0.05) is 79.1 Å². The predicted molar refractivity (Wildman–Crippen MR) is 273 cm³/mol. The molecule has 1 aromatic heterocycles. The van der Waals surface area contributed by atoms with Gasteiger partial charge in [0.15, 0.2) is 17.4 Å². The smallest absolute Gasteiger partial charge is 0.329 e. The Morgan fingerprint density at radius 2 is 1.71 bits per heavy atom. The van der Waals surface area contributed by atoms with Crippen LogP contribution in [0.15, 0.2) is 66.7 Å². The first kappa shape index (κ1) is 49.9. The Bertz CT molecular complexity index is 2830. The molecule has 3 saturated heterocycles. The largest absolute Gasteiger partial charge is 0.488 e. The van der Waals surface area contributed by atoms with Crippen LogP contribution in [-0.2, 0) is 17.4 Å². The maximum Gasteiger partial charge on any atom is 0.329 e. The SMILES string of the molecule is C[C@H]1c2c(cc(F)c(Cl)c2-c2c(C(N)=O)ccc(OCCO)c2F)O[C@]1(CCNC1CCN(CC2CCC(N3CCC(c4ccc5c(N6CCC(=O)NC6=O)nn(C)c5c4)CC3)CC2)CC1)c1ccccc1. The number of hydrogen-bond donors (Lipinski definition) is 4. The number of aliphatic hydroxyl groups excluding tert-OH is 1. The van der Waals surface area contributed by atoms with Crippen molar-refractivity contribution in [3.63, 3.8) is 0 Å². The number of aryl methyl sites for hydroxylation is 1. The summed E-state index contributed by atoms with van der Waals surface area (Å²) >= 11 is 6.73. The summed E-state index contributed by atoms with van der Waals surface area (Å²) in [6, 6.07) is 20.7. The number of likely N-dealkylation sites (tertiary alicyclic amines) is 2. The summed E-state index contributed by atoms with van der Waals surface area (Å²) in [6.45, 7) is 7.75. The molecule has 5 N–H and O–H groups in total. The summed E-state index contributed by atoms with van der Waals surface area (Å²) in [5, 5.41) is 20.9. The molecular formula is C55H65ClF2N8O6. The van der Waals surface area contributed by atoms with E-state index in [1.54, 1.807) is 4.90 Å². The van der Waals surface area contributed by atoms with Gasteiger partial charge in [0.1, 0.15) is 23.8 Å². The van der Waals surface area contributed by atoms with Crippen LogP contribution in [0.4, 0.5) is 19.4 Å². The Hall–Kier alpha value is -5.65. The van der Waals surface area contributed by atoms with Crippen LogP contribution in [0.2, 0.25) is 5.02 Å². The maximum atomic E-state index is 16.5. The second-order valence-corrected chi connectivity index (χ2v) is 20.9. The van der Waals surface area contributed by atoms with Crippen molar-refractivity contribution in [2.75, 3.05) is 63.9 Å². The van der Waals surface area contributed by atoms with Crippen LogP contribution in [0.5, 0.6) is 11.5 Å². The number of rotatable bonds is 15. The number of piperidine rings is 2. The Labute approximate surface area is 424 Å². The molecule has 0 bridgehead atoms. The van der Waals surface area contributed by atoms with Gasteiger partial charge in [-0.05, 0) is 131 Å². The average molecular weight is 1010 g/mol. The Morgan fingerprint density at radius 1 is 0.958 bits per heavy atom. The number of carbonyl (C=O) groups is 3. The van der Waals surface area contributed by atoms with Gasteiger partial charge in [-0.1, -0.05) is 54.9 Å². The first-order valence-electron chi connectivity index (χ1n) is 25.7. The average Bonchev–Trinajstić information content (AvgIpc) is 3.86. The number of aromatic nitrogens is 2. The predicted octanol–water partition coefficient (Wildman–Crippen LogP) is 8.36. The minimum atomic E-state index is -0.979. The van der Waals surface area contributed by atoms with Crippen LogP contribution in [0.3, 0.4) is 0 Å². The lowest BCUT2D eigenvalue weighted by atomic mass is 9.75. The molecule has 2 atom stereocenters. The van der Waals surface area contributed by atoms with Crippen molar-refractivity contribution in [1.29, 1.82) is 0 Å². The van der Waals surface area contributed by atoms with Gasteiger partial charge in [0.2, 0.25) is 11.8 Å². The summed E-state index contributed by atoms with van der Waals surface area (Å²) in [5.74, 6) is -1.63. The van der Waals surface area contributed by atoms with Gasteiger partial charge in [-0.2, -0.15) is 5.10 Å². The molecule has 4 fully saturated rings. The van der Waals surface area contributed by atoms with Crippen molar-refractivity contribution in [2.45, 2.75) is 101 Å². The number of nitrogens with two attached hydrogens (primary N) is 1. The molecule has 1 aliphatic carbocycles. The van der Waals surface area contributed by atoms with Gasteiger partial charge in [-0.15, -0.1) is 0 Å². The van der Waals surface area contributed by atoms with Gasteiger partial charge >= 0.3 is 6.03 Å². The quantitative estimate of drug-likeness (QED) is 0.0801. The zero-order chi connectivity index (χ0) is 50.3. The Balaban J connectivity index is 0.717. The fourth-order valence-corrected chi connectivity index (χ4v) is 12.8. The lowest BCUT2D eigenvalue weighted by Crippen LogP contribution is -2.49. The summed E-state index contributed by atoms with van der Waals surface area (Å²) in [5.41, 5.74) is 8.01.